The second-order valence-corrected chi connectivity index (χ2v) is 10.6. The first-order valence-electron chi connectivity index (χ1n) is 15.2. The first kappa shape index (κ1) is 27.7. The maximum absolute atomic E-state index is 6.12. The van der Waals surface area contributed by atoms with E-state index >= 15 is 0 Å². The zero-order chi connectivity index (χ0) is 28.6. The summed E-state index contributed by atoms with van der Waals surface area (Å²) in [6.07, 6.45) is 12.6. The zero-order valence-electron chi connectivity index (χ0n) is 25.2. The number of allylic oxidation sites excluding steroid dienone is 4. The number of aromatic nitrogens is 4. The van der Waals surface area contributed by atoms with Crippen LogP contribution in [-0.4, -0.2) is 19.9 Å². The fourth-order valence-corrected chi connectivity index (χ4v) is 6.78. The molecular weight excluding hydrogens is 488 g/mol. The van der Waals surface area contributed by atoms with E-state index in [1.54, 1.807) is 0 Å². The lowest BCUT2D eigenvalue weighted by Crippen LogP contribution is -1.87. The van der Waals surface area contributed by atoms with Gasteiger partial charge >= 0.3 is 0 Å². The van der Waals surface area contributed by atoms with E-state index < -0.39 is 0 Å². The van der Waals surface area contributed by atoms with Crippen LogP contribution in [0.2, 0.25) is 0 Å². The van der Waals surface area contributed by atoms with Crippen molar-refractivity contribution in [1.82, 2.24) is 19.9 Å². The quantitative estimate of drug-likeness (QED) is 0.299. The monoisotopic (exact) mass is 530 g/mol. The predicted molar refractivity (Wildman–Crippen MR) is 172 cm³/mol. The van der Waals surface area contributed by atoms with E-state index in [1.165, 1.54) is 44.4 Å². The molecule has 3 aromatic rings. The summed E-state index contributed by atoms with van der Waals surface area (Å²) in [5.74, 6) is 2.98. The molecule has 5 rings (SSSR count). The molecule has 0 fully saturated rings. The van der Waals surface area contributed by atoms with E-state index in [2.05, 4.69) is 88.6 Å². The summed E-state index contributed by atoms with van der Waals surface area (Å²) < 4.78 is 0. The number of hydrogen-bond donors (Lipinski definition) is 2. The van der Waals surface area contributed by atoms with Crippen LogP contribution < -0.4 is 0 Å². The van der Waals surface area contributed by atoms with Crippen LogP contribution >= 0.6 is 0 Å². The van der Waals surface area contributed by atoms with E-state index in [-0.39, 0.29) is 0 Å². The molecule has 3 aromatic heterocycles. The summed E-state index contributed by atoms with van der Waals surface area (Å²) in [6.45, 7) is 15.6. The third-order valence-corrected chi connectivity index (χ3v) is 8.64. The van der Waals surface area contributed by atoms with Gasteiger partial charge < -0.3 is 9.97 Å². The summed E-state index contributed by atoms with van der Waals surface area (Å²) in [4.78, 5) is 18.0. The molecule has 40 heavy (non-hydrogen) atoms. The molecule has 0 radical (unpaired) electrons. The van der Waals surface area contributed by atoms with Crippen LogP contribution in [0.15, 0.2) is 24.3 Å². The van der Waals surface area contributed by atoms with Crippen molar-refractivity contribution >= 4 is 44.4 Å². The Balaban J connectivity index is 2.04. The molecule has 0 unspecified atom stereocenters. The van der Waals surface area contributed by atoms with Crippen LogP contribution in [0.3, 0.4) is 0 Å². The van der Waals surface area contributed by atoms with Crippen molar-refractivity contribution in [3.63, 3.8) is 0 Å². The van der Waals surface area contributed by atoms with Crippen molar-refractivity contribution in [2.45, 2.75) is 93.4 Å². The molecule has 0 aliphatic carbocycles. The lowest BCUT2D eigenvalue weighted by Gasteiger charge is -2.03. The third-order valence-electron chi connectivity index (χ3n) is 8.64. The van der Waals surface area contributed by atoms with Crippen LogP contribution in [-0.2, 0) is 25.7 Å². The number of nitrogens with zero attached hydrogens (tertiary/aromatic N) is 2. The second kappa shape index (κ2) is 11.3. The van der Waals surface area contributed by atoms with E-state index in [9.17, 15) is 0 Å². The van der Waals surface area contributed by atoms with Crippen LogP contribution in [0.5, 0.6) is 0 Å². The van der Waals surface area contributed by atoms with Crippen LogP contribution in [0, 0.1) is 12.3 Å². The lowest BCUT2D eigenvalue weighted by atomic mass is 9.98. The lowest BCUT2D eigenvalue weighted by molar-refractivity contribution is 1.07. The highest BCUT2D eigenvalue weighted by Crippen LogP contribution is 2.38. The summed E-state index contributed by atoms with van der Waals surface area (Å²) in [5, 5.41) is 0. The van der Waals surface area contributed by atoms with Crippen molar-refractivity contribution in [1.29, 1.82) is 0 Å². The average molecular weight is 531 g/mol. The largest absolute Gasteiger partial charge is 0.355 e. The van der Waals surface area contributed by atoms with Gasteiger partial charge in [0.2, 0.25) is 0 Å². The van der Waals surface area contributed by atoms with Crippen molar-refractivity contribution in [3.8, 4) is 12.3 Å². The Morgan fingerprint density at radius 3 is 1.30 bits per heavy atom. The number of nitrogens with one attached hydrogen (secondary N) is 2. The van der Waals surface area contributed by atoms with E-state index in [0.717, 1.165) is 89.9 Å². The number of rotatable bonds is 7. The van der Waals surface area contributed by atoms with Crippen molar-refractivity contribution in [3.05, 3.63) is 69.3 Å². The molecule has 0 amide bonds. The van der Waals surface area contributed by atoms with Crippen LogP contribution in [0.25, 0.3) is 44.4 Å². The van der Waals surface area contributed by atoms with Crippen molar-refractivity contribution < 1.29 is 0 Å². The van der Waals surface area contributed by atoms with E-state index in [1.807, 2.05) is 0 Å². The maximum atomic E-state index is 6.12. The van der Waals surface area contributed by atoms with Gasteiger partial charge in [-0.25, -0.2) is 9.97 Å². The highest BCUT2D eigenvalue weighted by molar-refractivity contribution is 6.01. The minimum Gasteiger partial charge on any atom is -0.355 e. The Bertz CT molecular complexity index is 1750. The molecular formula is C36H42N4. The molecule has 0 saturated heterocycles. The van der Waals surface area contributed by atoms with Gasteiger partial charge in [-0.05, 0) is 108 Å². The van der Waals surface area contributed by atoms with Crippen LogP contribution in [0.1, 0.15) is 113 Å². The second-order valence-electron chi connectivity index (χ2n) is 10.6. The smallest absolute Gasteiger partial charge is 0.0817 e. The Labute approximate surface area is 239 Å². The van der Waals surface area contributed by atoms with Gasteiger partial charge in [0.15, 0.2) is 0 Å². The minimum atomic E-state index is 0.823. The summed E-state index contributed by atoms with van der Waals surface area (Å²) >= 11 is 0. The van der Waals surface area contributed by atoms with Crippen molar-refractivity contribution in [2.24, 2.45) is 0 Å². The number of terminal acetylenes is 1. The van der Waals surface area contributed by atoms with E-state index in [0.29, 0.717) is 0 Å². The first-order valence-corrected chi connectivity index (χ1v) is 15.2. The third kappa shape index (κ3) is 4.42. The summed E-state index contributed by atoms with van der Waals surface area (Å²) in [7, 11) is 0. The fourth-order valence-electron chi connectivity index (χ4n) is 6.78. The number of aryl methyl sites for hydroxylation is 4. The molecule has 206 valence electrons. The molecule has 0 spiro atoms. The molecule has 4 heteroatoms. The maximum Gasteiger partial charge on any atom is 0.0817 e. The van der Waals surface area contributed by atoms with Gasteiger partial charge in [0.25, 0.3) is 0 Å². The topological polar surface area (TPSA) is 57.4 Å². The van der Waals surface area contributed by atoms with E-state index in [4.69, 9.17) is 16.4 Å². The van der Waals surface area contributed by atoms with Crippen LogP contribution in [0.4, 0.5) is 0 Å². The average Bonchev–Trinajstić information content (AvgIpc) is 3.67. The highest BCUT2D eigenvalue weighted by Gasteiger charge is 2.22. The Morgan fingerprint density at radius 1 is 0.500 bits per heavy atom. The van der Waals surface area contributed by atoms with Gasteiger partial charge in [0.05, 0.1) is 28.3 Å². The minimum absolute atomic E-state index is 0.823. The Kier molecular flexibility index (Phi) is 7.86. The standard InChI is InChI=1S/C36H42N4/c1-9-21-22(10-2)30-18-32-25(13-5)26(14-6)34(39-32)20-36-28(16-8)27(15-7)35(40-36)19-33-24(12-4)23(11-3)31(38-33)17-29(21)37-30/h1,17-20,38,40H,10-16H2,2-8H3. The van der Waals surface area contributed by atoms with Gasteiger partial charge in [0, 0.05) is 22.1 Å². The molecule has 0 atom stereocenters. The molecule has 5 heterocycles. The zero-order valence-corrected chi connectivity index (χ0v) is 25.2. The molecule has 2 aliphatic rings. The summed E-state index contributed by atoms with van der Waals surface area (Å²) in [6, 6.07) is 8.93. The predicted octanol–water partition coefficient (Wildman–Crippen LogP) is 9.25. The number of H-pyrrole nitrogens is 2. The molecule has 2 aliphatic heterocycles. The van der Waals surface area contributed by atoms with Crippen molar-refractivity contribution in [2.75, 3.05) is 0 Å². The number of fused-ring (bicyclic) bond motifs is 8. The Morgan fingerprint density at radius 2 is 0.875 bits per heavy atom. The first-order chi connectivity index (χ1) is 19.5. The number of aromatic amines is 2. The highest BCUT2D eigenvalue weighted by atomic mass is 14.8. The van der Waals surface area contributed by atoms with Gasteiger partial charge in [0.1, 0.15) is 0 Å². The fraction of sp³-hybridized carbons (Fsp3) is 0.389. The molecule has 2 N–H and O–H groups in total. The molecule has 0 aromatic carbocycles. The Hall–Kier alpha value is -3.84. The molecule has 4 nitrogen and oxygen atoms in total. The molecule has 8 bridgehead atoms. The normalized spacial score (nSPS) is 13.3. The molecule has 0 saturated carbocycles. The van der Waals surface area contributed by atoms with Gasteiger partial charge in [-0.15, -0.1) is 6.42 Å². The van der Waals surface area contributed by atoms with Gasteiger partial charge in [-0.2, -0.15) is 0 Å². The summed E-state index contributed by atoms with van der Waals surface area (Å²) in [5.41, 5.74) is 18.6. The van der Waals surface area contributed by atoms with Gasteiger partial charge in [-0.3, -0.25) is 0 Å². The number of hydrogen-bond acceptors (Lipinski definition) is 2. The SMILES string of the molecule is C#CC1=C(CC)c2cc3nc(cc4[nH]c(cc5[nH]c(cc1n2)c(CC)c5CC)c(CC)c4CC)C(CC)=C3CC. The van der Waals surface area contributed by atoms with Gasteiger partial charge in [-0.1, -0.05) is 54.4 Å².